The van der Waals surface area contributed by atoms with Crippen LogP contribution in [0.5, 0.6) is 0 Å². The summed E-state index contributed by atoms with van der Waals surface area (Å²) >= 11 is 14.2. The van der Waals surface area contributed by atoms with Crippen molar-refractivity contribution in [2.45, 2.75) is 12.3 Å². The Balaban J connectivity index is 1.81. The summed E-state index contributed by atoms with van der Waals surface area (Å²) in [6, 6.07) is 13.7. The smallest absolute Gasteiger partial charge is 0.0911 e. The zero-order valence-electron chi connectivity index (χ0n) is 12.8. The number of hydrogen-bond acceptors (Lipinski definition) is 3. The van der Waals surface area contributed by atoms with Gasteiger partial charge in [-0.15, -0.1) is 11.6 Å². The van der Waals surface area contributed by atoms with Crippen molar-refractivity contribution < 1.29 is 0 Å². The van der Waals surface area contributed by atoms with Gasteiger partial charge < -0.3 is 4.90 Å². The molecule has 2 aromatic rings. The van der Waals surface area contributed by atoms with Crippen LogP contribution in [0.1, 0.15) is 22.3 Å². The van der Waals surface area contributed by atoms with Gasteiger partial charge in [-0.25, -0.2) is 0 Å². The highest BCUT2D eigenvalue weighted by Crippen LogP contribution is 2.41. The van der Waals surface area contributed by atoms with Crippen LogP contribution >= 0.6 is 35.0 Å². The summed E-state index contributed by atoms with van der Waals surface area (Å²) in [5.41, 5.74) is 4.08. The van der Waals surface area contributed by atoms with Gasteiger partial charge in [-0.3, -0.25) is 4.98 Å². The van der Waals surface area contributed by atoms with Gasteiger partial charge in [0.15, 0.2) is 0 Å². The molecule has 0 saturated heterocycles. The summed E-state index contributed by atoms with van der Waals surface area (Å²) in [6.45, 7) is 2.00. The molecule has 0 aliphatic carbocycles. The van der Waals surface area contributed by atoms with Gasteiger partial charge in [0.05, 0.1) is 16.8 Å². The van der Waals surface area contributed by atoms with Crippen molar-refractivity contribution in [2.24, 2.45) is 0 Å². The predicted octanol–water partition coefficient (Wildman–Crippen LogP) is 5.84. The fourth-order valence-corrected chi connectivity index (χ4v) is 3.84. The first-order valence-corrected chi connectivity index (χ1v) is 8.89. The fraction of sp³-hybridized carbons (Fsp3) is 0.167. The molecule has 0 saturated carbocycles. The van der Waals surface area contributed by atoms with Crippen molar-refractivity contribution in [3.8, 4) is 0 Å². The number of hydrogen-bond donors (Lipinski definition) is 0. The van der Waals surface area contributed by atoms with E-state index in [0.717, 1.165) is 27.6 Å². The molecule has 0 radical (unpaired) electrons. The second kappa shape index (κ2) is 7.00. The molecule has 1 unspecified atom stereocenters. The minimum atomic E-state index is -0.192. The number of nitrogens with zero attached hydrogens (tertiary/aromatic N) is 2. The second-order valence-corrected chi connectivity index (χ2v) is 7.16. The van der Waals surface area contributed by atoms with E-state index >= 15 is 0 Å². The Hall–Kier alpha value is -1.42. The standard InChI is InChI=1S/C18H16Cl2N2S/c1-12-4-3-5-15(21-12)16-11-23-17(10-22(16)2)18(20)13-6-8-14(19)9-7-13/h3-11,18H,1-2H3. The quantitative estimate of drug-likeness (QED) is 0.637. The number of pyridine rings is 1. The first-order chi connectivity index (χ1) is 11.0. The molecule has 5 heteroatoms. The summed E-state index contributed by atoms with van der Waals surface area (Å²) in [5.74, 6) is 0. The molecule has 23 heavy (non-hydrogen) atoms. The van der Waals surface area contributed by atoms with Crippen molar-refractivity contribution in [3.05, 3.63) is 81.0 Å². The average molecular weight is 363 g/mol. The number of aromatic nitrogens is 1. The molecule has 1 atom stereocenters. The molecule has 3 rings (SSSR count). The summed E-state index contributed by atoms with van der Waals surface area (Å²) in [7, 11) is 2.01. The Kier molecular flexibility index (Phi) is 5.00. The van der Waals surface area contributed by atoms with Gasteiger partial charge in [-0.05, 0) is 36.8 Å². The Morgan fingerprint density at radius 2 is 1.87 bits per heavy atom. The number of benzene rings is 1. The lowest BCUT2D eigenvalue weighted by atomic mass is 10.1. The molecule has 2 heterocycles. The lowest BCUT2D eigenvalue weighted by Crippen LogP contribution is -2.14. The van der Waals surface area contributed by atoms with Crippen LogP contribution in [-0.2, 0) is 0 Å². The molecule has 0 amide bonds. The average Bonchev–Trinajstić information content (AvgIpc) is 2.55. The van der Waals surface area contributed by atoms with E-state index in [4.69, 9.17) is 23.2 Å². The molecule has 118 valence electrons. The molecule has 1 aromatic heterocycles. The largest absolute Gasteiger partial charge is 0.348 e. The van der Waals surface area contributed by atoms with Crippen LogP contribution in [0.25, 0.3) is 5.70 Å². The number of alkyl halides is 1. The third-order valence-corrected chi connectivity index (χ3v) is 5.39. The highest BCUT2D eigenvalue weighted by Gasteiger charge is 2.20. The van der Waals surface area contributed by atoms with E-state index in [1.54, 1.807) is 11.8 Å². The highest BCUT2D eigenvalue weighted by atomic mass is 35.5. The first-order valence-electron chi connectivity index (χ1n) is 7.19. The maximum atomic E-state index is 6.62. The zero-order chi connectivity index (χ0) is 16.4. The minimum absolute atomic E-state index is 0.192. The first kappa shape index (κ1) is 16.4. The second-order valence-electron chi connectivity index (χ2n) is 5.34. The van der Waals surface area contributed by atoms with Gasteiger partial charge in [-0.2, -0.15) is 0 Å². The molecule has 1 aromatic carbocycles. The number of thioether (sulfide) groups is 1. The topological polar surface area (TPSA) is 16.1 Å². The van der Waals surface area contributed by atoms with Crippen LogP contribution in [0.4, 0.5) is 0 Å². The van der Waals surface area contributed by atoms with Gasteiger partial charge in [-0.1, -0.05) is 41.6 Å². The number of aryl methyl sites for hydroxylation is 1. The monoisotopic (exact) mass is 362 g/mol. The lowest BCUT2D eigenvalue weighted by molar-refractivity contribution is 0.645. The summed E-state index contributed by atoms with van der Waals surface area (Å²) in [6.07, 6.45) is 2.07. The van der Waals surface area contributed by atoms with Crippen LogP contribution in [0, 0.1) is 6.92 Å². The molecule has 2 nitrogen and oxygen atoms in total. The van der Waals surface area contributed by atoms with E-state index in [-0.39, 0.29) is 5.38 Å². The van der Waals surface area contributed by atoms with Gasteiger partial charge in [0.2, 0.25) is 0 Å². The van der Waals surface area contributed by atoms with Crippen LogP contribution in [0.15, 0.2) is 59.0 Å². The third-order valence-electron chi connectivity index (χ3n) is 3.57. The molecule has 0 N–H and O–H groups in total. The van der Waals surface area contributed by atoms with E-state index in [1.165, 1.54) is 0 Å². The molecular formula is C18H16Cl2N2S. The number of allylic oxidation sites excluding steroid dienone is 1. The van der Waals surface area contributed by atoms with Gasteiger partial charge in [0.25, 0.3) is 0 Å². The fourth-order valence-electron chi connectivity index (χ4n) is 2.35. The van der Waals surface area contributed by atoms with Crippen molar-refractivity contribution in [1.82, 2.24) is 9.88 Å². The number of halogens is 2. The van der Waals surface area contributed by atoms with Crippen molar-refractivity contribution >= 4 is 40.7 Å². The summed E-state index contributed by atoms with van der Waals surface area (Å²) in [5, 5.41) is 2.62. The van der Waals surface area contributed by atoms with Gasteiger partial charge >= 0.3 is 0 Å². The van der Waals surface area contributed by atoms with Crippen molar-refractivity contribution in [1.29, 1.82) is 0 Å². The molecular weight excluding hydrogens is 347 g/mol. The van der Waals surface area contributed by atoms with Crippen LogP contribution in [0.2, 0.25) is 5.02 Å². The van der Waals surface area contributed by atoms with E-state index in [1.807, 2.05) is 56.4 Å². The van der Waals surface area contributed by atoms with E-state index < -0.39 is 0 Å². The van der Waals surface area contributed by atoms with E-state index in [9.17, 15) is 0 Å². The van der Waals surface area contributed by atoms with E-state index in [0.29, 0.717) is 5.02 Å². The van der Waals surface area contributed by atoms with Crippen molar-refractivity contribution in [2.75, 3.05) is 7.05 Å². The molecule has 1 aliphatic heterocycles. The summed E-state index contributed by atoms with van der Waals surface area (Å²) < 4.78 is 0. The summed E-state index contributed by atoms with van der Waals surface area (Å²) in [4.78, 5) is 7.73. The van der Waals surface area contributed by atoms with Crippen LogP contribution in [0.3, 0.4) is 0 Å². The maximum absolute atomic E-state index is 6.62. The highest BCUT2D eigenvalue weighted by molar-refractivity contribution is 8.06. The molecule has 0 fully saturated rings. The van der Waals surface area contributed by atoms with Gasteiger partial charge in [0.1, 0.15) is 0 Å². The minimum Gasteiger partial charge on any atom is -0.348 e. The molecule has 1 aliphatic rings. The third kappa shape index (κ3) is 3.74. The molecule has 0 spiro atoms. The van der Waals surface area contributed by atoms with Crippen LogP contribution in [-0.4, -0.2) is 16.9 Å². The SMILES string of the molecule is Cc1cccc(C2=CSC(C(Cl)c3ccc(Cl)cc3)=CN2C)n1. The maximum Gasteiger partial charge on any atom is 0.0911 e. The van der Waals surface area contributed by atoms with Crippen LogP contribution < -0.4 is 0 Å². The van der Waals surface area contributed by atoms with Crippen molar-refractivity contribution in [3.63, 3.8) is 0 Å². The predicted molar refractivity (Wildman–Crippen MR) is 100 cm³/mol. The zero-order valence-corrected chi connectivity index (χ0v) is 15.2. The molecule has 0 bridgehead atoms. The lowest BCUT2D eigenvalue weighted by Gasteiger charge is -2.26. The Labute approximate surface area is 150 Å². The Morgan fingerprint density at radius 3 is 2.52 bits per heavy atom. The normalized spacial score (nSPS) is 15.9. The van der Waals surface area contributed by atoms with E-state index in [2.05, 4.69) is 21.5 Å². The van der Waals surface area contributed by atoms with Gasteiger partial charge in [0, 0.05) is 34.3 Å². The Bertz CT molecular complexity index is 769. The number of rotatable bonds is 3. The Morgan fingerprint density at radius 1 is 1.13 bits per heavy atom.